The fourth-order valence-corrected chi connectivity index (χ4v) is 4.22. The minimum absolute atomic E-state index is 0.186. The number of amides is 1. The van der Waals surface area contributed by atoms with Crippen molar-refractivity contribution < 1.29 is 9.53 Å². The summed E-state index contributed by atoms with van der Waals surface area (Å²) in [5, 5.41) is 5.33. The Morgan fingerprint density at radius 2 is 2.00 bits per heavy atom. The first-order chi connectivity index (χ1) is 12.1. The first-order valence-corrected chi connectivity index (χ1v) is 10.0. The standard InChI is InChI=1S/C21H27NO2S/c1-3-16(2)22-20(23)21(10-12-24-13-11-21)15-17-7-4-5-8-18(17)19-9-6-14-25-19/h4-9,14,16H,3,10-13,15H2,1-2H3,(H,22,23). The summed E-state index contributed by atoms with van der Waals surface area (Å²) in [6, 6.07) is 12.9. The Bertz CT molecular complexity index is 690. The average Bonchev–Trinajstić information content (AvgIpc) is 3.17. The van der Waals surface area contributed by atoms with Crippen LogP contribution in [-0.4, -0.2) is 25.2 Å². The Hall–Kier alpha value is -1.65. The van der Waals surface area contributed by atoms with Crippen molar-refractivity contribution in [1.29, 1.82) is 0 Å². The number of carbonyl (C=O) groups is 1. The molecule has 0 aliphatic carbocycles. The van der Waals surface area contributed by atoms with Gasteiger partial charge < -0.3 is 10.1 Å². The molecule has 1 aliphatic rings. The van der Waals surface area contributed by atoms with Crippen LogP contribution in [0.15, 0.2) is 41.8 Å². The van der Waals surface area contributed by atoms with Gasteiger partial charge in [0.15, 0.2) is 0 Å². The van der Waals surface area contributed by atoms with Crippen LogP contribution in [0.2, 0.25) is 0 Å². The Labute approximate surface area is 154 Å². The summed E-state index contributed by atoms with van der Waals surface area (Å²) in [5.41, 5.74) is 2.14. The van der Waals surface area contributed by atoms with Crippen molar-refractivity contribution in [3.63, 3.8) is 0 Å². The van der Waals surface area contributed by atoms with Crippen LogP contribution in [0, 0.1) is 5.41 Å². The van der Waals surface area contributed by atoms with E-state index >= 15 is 0 Å². The van der Waals surface area contributed by atoms with Gasteiger partial charge in [0.25, 0.3) is 0 Å². The first-order valence-electron chi connectivity index (χ1n) is 9.15. The smallest absolute Gasteiger partial charge is 0.226 e. The molecular weight excluding hydrogens is 330 g/mol. The lowest BCUT2D eigenvalue weighted by Gasteiger charge is -2.37. The van der Waals surface area contributed by atoms with E-state index in [0.717, 1.165) is 25.7 Å². The van der Waals surface area contributed by atoms with Crippen molar-refractivity contribution in [2.45, 2.75) is 45.6 Å². The lowest BCUT2D eigenvalue weighted by Crippen LogP contribution is -2.48. The Kier molecular flexibility index (Phi) is 5.92. The van der Waals surface area contributed by atoms with Crippen molar-refractivity contribution in [1.82, 2.24) is 5.32 Å². The molecule has 1 amide bonds. The highest BCUT2D eigenvalue weighted by Gasteiger charge is 2.40. The molecule has 1 aromatic carbocycles. The van der Waals surface area contributed by atoms with E-state index in [2.05, 4.69) is 60.9 Å². The number of rotatable bonds is 6. The minimum atomic E-state index is -0.366. The monoisotopic (exact) mass is 357 g/mol. The number of hydrogen-bond acceptors (Lipinski definition) is 3. The summed E-state index contributed by atoms with van der Waals surface area (Å²) in [7, 11) is 0. The van der Waals surface area contributed by atoms with Crippen molar-refractivity contribution >= 4 is 17.2 Å². The van der Waals surface area contributed by atoms with E-state index in [9.17, 15) is 4.79 Å². The largest absolute Gasteiger partial charge is 0.381 e. The van der Waals surface area contributed by atoms with Crippen LogP contribution in [0.4, 0.5) is 0 Å². The van der Waals surface area contributed by atoms with Crippen LogP contribution < -0.4 is 5.32 Å². The van der Waals surface area contributed by atoms with Gasteiger partial charge in [-0.2, -0.15) is 0 Å². The molecule has 2 aromatic rings. The first kappa shape index (κ1) is 18.2. The highest BCUT2D eigenvalue weighted by Crippen LogP contribution is 2.38. The minimum Gasteiger partial charge on any atom is -0.381 e. The zero-order chi connectivity index (χ0) is 17.7. The highest BCUT2D eigenvalue weighted by molar-refractivity contribution is 7.13. The van der Waals surface area contributed by atoms with Crippen molar-refractivity contribution in [3.05, 3.63) is 47.3 Å². The summed E-state index contributed by atoms with van der Waals surface area (Å²) >= 11 is 1.75. The van der Waals surface area contributed by atoms with E-state index in [4.69, 9.17) is 4.74 Å². The second-order valence-corrected chi connectivity index (χ2v) is 7.93. The van der Waals surface area contributed by atoms with E-state index in [1.807, 2.05) is 0 Å². The SMILES string of the molecule is CCC(C)NC(=O)C1(Cc2ccccc2-c2cccs2)CCOCC1. The normalized spacial score (nSPS) is 17.8. The average molecular weight is 358 g/mol. The van der Waals surface area contributed by atoms with Crippen LogP contribution in [0.25, 0.3) is 10.4 Å². The van der Waals surface area contributed by atoms with Crippen molar-refractivity contribution in [3.8, 4) is 10.4 Å². The number of hydrogen-bond donors (Lipinski definition) is 1. The lowest BCUT2D eigenvalue weighted by atomic mass is 9.73. The van der Waals surface area contributed by atoms with E-state index < -0.39 is 0 Å². The van der Waals surface area contributed by atoms with Gasteiger partial charge in [-0.05, 0) is 55.2 Å². The van der Waals surface area contributed by atoms with Crippen molar-refractivity contribution in [2.75, 3.05) is 13.2 Å². The molecular formula is C21H27NO2S. The molecule has 1 aliphatic heterocycles. The molecule has 1 N–H and O–H groups in total. The third-order valence-corrected chi connectivity index (χ3v) is 6.16. The molecule has 134 valence electrons. The molecule has 3 rings (SSSR count). The summed E-state index contributed by atoms with van der Waals surface area (Å²) in [5.74, 6) is 0.186. The van der Waals surface area contributed by atoms with Crippen LogP contribution in [0.3, 0.4) is 0 Å². The van der Waals surface area contributed by atoms with Gasteiger partial charge in [-0.25, -0.2) is 0 Å². The van der Waals surface area contributed by atoms with Crippen LogP contribution in [0.1, 0.15) is 38.7 Å². The van der Waals surface area contributed by atoms with Gasteiger partial charge in [0.05, 0.1) is 5.41 Å². The van der Waals surface area contributed by atoms with Gasteiger partial charge in [0.2, 0.25) is 5.91 Å². The molecule has 2 heterocycles. The van der Waals surface area contributed by atoms with Crippen molar-refractivity contribution in [2.24, 2.45) is 5.41 Å². The second kappa shape index (κ2) is 8.15. The molecule has 0 spiro atoms. The summed E-state index contributed by atoms with van der Waals surface area (Å²) in [4.78, 5) is 14.4. The topological polar surface area (TPSA) is 38.3 Å². The molecule has 25 heavy (non-hydrogen) atoms. The summed E-state index contributed by atoms with van der Waals surface area (Å²) < 4.78 is 5.57. The van der Waals surface area contributed by atoms with Gasteiger partial charge in [-0.3, -0.25) is 4.79 Å². The van der Waals surface area contributed by atoms with Gasteiger partial charge in [0.1, 0.15) is 0 Å². The number of carbonyl (C=O) groups excluding carboxylic acids is 1. The van der Waals surface area contributed by atoms with Crippen LogP contribution in [0.5, 0.6) is 0 Å². The molecule has 0 saturated carbocycles. The Balaban J connectivity index is 1.90. The maximum atomic E-state index is 13.1. The number of ether oxygens (including phenoxy) is 1. The molecule has 1 unspecified atom stereocenters. The highest BCUT2D eigenvalue weighted by atomic mass is 32.1. The molecule has 1 saturated heterocycles. The lowest BCUT2D eigenvalue weighted by molar-refractivity contribution is -0.137. The number of nitrogens with one attached hydrogen (secondary N) is 1. The molecule has 1 atom stereocenters. The second-order valence-electron chi connectivity index (χ2n) is 6.99. The Morgan fingerprint density at radius 1 is 1.24 bits per heavy atom. The Morgan fingerprint density at radius 3 is 2.68 bits per heavy atom. The van der Waals surface area contributed by atoms with Gasteiger partial charge in [-0.15, -0.1) is 11.3 Å². The summed E-state index contributed by atoms with van der Waals surface area (Å²) in [6.07, 6.45) is 3.29. The molecule has 0 radical (unpaired) electrons. The van der Waals surface area contributed by atoms with Gasteiger partial charge in [0, 0.05) is 24.1 Å². The number of benzene rings is 1. The third-order valence-electron chi connectivity index (χ3n) is 5.25. The number of thiophene rings is 1. The van der Waals surface area contributed by atoms with E-state index in [1.54, 1.807) is 11.3 Å². The summed E-state index contributed by atoms with van der Waals surface area (Å²) in [6.45, 7) is 5.50. The fraction of sp³-hybridized carbons (Fsp3) is 0.476. The quantitative estimate of drug-likeness (QED) is 0.816. The fourth-order valence-electron chi connectivity index (χ4n) is 3.44. The van der Waals surface area contributed by atoms with E-state index in [1.165, 1.54) is 16.0 Å². The van der Waals surface area contributed by atoms with Crippen LogP contribution >= 0.6 is 11.3 Å². The maximum absolute atomic E-state index is 13.1. The molecule has 4 heteroatoms. The van der Waals surface area contributed by atoms with Crippen LogP contribution in [-0.2, 0) is 16.0 Å². The van der Waals surface area contributed by atoms with E-state index in [-0.39, 0.29) is 17.4 Å². The third kappa shape index (κ3) is 4.13. The zero-order valence-corrected chi connectivity index (χ0v) is 15.9. The predicted molar refractivity (Wildman–Crippen MR) is 104 cm³/mol. The van der Waals surface area contributed by atoms with Gasteiger partial charge >= 0.3 is 0 Å². The maximum Gasteiger partial charge on any atom is 0.226 e. The van der Waals surface area contributed by atoms with E-state index in [0.29, 0.717) is 13.2 Å². The molecule has 0 bridgehead atoms. The van der Waals surface area contributed by atoms with Gasteiger partial charge in [-0.1, -0.05) is 37.3 Å². The molecule has 3 nitrogen and oxygen atoms in total. The zero-order valence-electron chi connectivity index (χ0n) is 15.1. The predicted octanol–water partition coefficient (Wildman–Crippen LogP) is 4.67. The molecule has 1 fully saturated rings. The molecule has 1 aromatic heterocycles.